The van der Waals surface area contributed by atoms with Gasteiger partial charge in [0.15, 0.2) is 0 Å². The van der Waals surface area contributed by atoms with E-state index in [2.05, 4.69) is 20.4 Å². The summed E-state index contributed by atoms with van der Waals surface area (Å²) in [6, 6.07) is 2.93. The number of hydrogen-bond donors (Lipinski definition) is 1. The minimum atomic E-state index is -0.874. The highest BCUT2D eigenvalue weighted by Crippen LogP contribution is 2.29. The van der Waals surface area contributed by atoms with Gasteiger partial charge in [-0.25, -0.2) is 8.78 Å². The number of carbonyl (C=O) groups is 2. The zero-order valence-corrected chi connectivity index (χ0v) is 17.1. The molecule has 1 aliphatic heterocycles. The number of amides is 1. The van der Waals surface area contributed by atoms with Crippen molar-refractivity contribution in [1.82, 2.24) is 20.4 Å². The van der Waals surface area contributed by atoms with Crippen molar-refractivity contribution in [2.24, 2.45) is 5.92 Å². The maximum absolute atomic E-state index is 13.9. The first-order valence-corrected chi connectivity index (χ1v) is 10.4. The van der Waals surface area contributed by atoms with Crippen molar-refractivity contribution in [3.05, 3.63) is 35.7 Å². The van der Waals surface area contributed by atoms with Crippen LogP contribution in [-0.4, -0.2) is 59.2 Å². The number of hydrogen-bond acceptors (Lipinski definition) is 7. The number of piperidine rings is 1. The molecule has 1 aliphatic carbocycles. The maximum Gasteiger partial charge on any atom is 0.312 e. The van der Waals surface area contributed by atoms with E-state index in [4.69, 9.17) is 9.26 Å². The number of halogens is 2. The van der Waals surface area contributed by atoms with Crippen LogP contribution in [-0.2, 0) is 9.53 Å². The van der Waals surface area contributed by atoms with E-state index in [1.807, 2.05) is 0 Å². The number of nitrogens with one attached hydrogen (secondary N) is 1. The van der Waals surface area contributed by atoms with Gasteiger partial charge in [0.25, 0.3) is 17.6 Å². The molecule has 0 spiro atoms. The fourth-order valence-corrected chi connectivity index (χ4v) is 4.46. The van der Waals surface area contributed by atoms with Crippen molar-refractivity contribution < 1.29 is 27.6 Å². The molecule has 1 aromatic heterocycles. The summed E-state index contributed by atoms with van der Waals surface area (Å²) < 4.78 is 37.0. The van der Waals surface area contributed by atoms with Crippen molar-refractivity contribution in [2.45, 2.75) is 44.2 Å². The van der Waals surface area contributed by atoms with Crippen molar-refractivity contribution in [2.75, 3.05) is 20.2 Å². The lowest BCUT2D eigenvalue weighted by Gasteiger charge is -2.40. The number of methoxy groups -OCH3 is 1. The molecule has 10 heteroatoms. The molecule has 1 N–H and O–H groups in total. The van der Waals surface area contributed by atoms with Crippen LogP contribution in [0.1, 0.15) is 42.7 Å². The van der Waals surface area contributed by atoms with Crippen LogP contribution >= 0.6 is 0 Å². The zero-order valence-electron chi connectivity index (χ0n) is 17.1. The Morgan fingerprint density at radius 3 is 2.71 bits per heavy atom. The second-order valence-electron chi connectivity index (χ2n) is 7.98. The third-order valence-electron chi connectivity index (χ3n) is 6.10. The van der Waals surface area contributed by atoms with E-state index >= 15 is 0 Å². The van der Waals surface area contributed by atoms with E-state index in [0.717, 1.165) is 31.5 Å². The summed E-state index contributed by atoms with van der Waals surface area (Å²) in [6.45, 7) is 1.28. The Morgan fingerprint density at radius 1 is 1.23 bits per heavy atom. The van der Waals surface area contributed by atoms with E-state index in [9.17, 15) is 18.4 Å². The van der Waals surface area contributed by atoms with Gasteiger partial charge in [0, 0.05) is 31.2 Å². The molecule has 1 saturated carbocycles. The Morgan fingerprint density at radius 2 is 2.00 bits per heavy atom. The molecule has 1 aromatic carbocycles. The van der Waals surface area contributed by atoms with Crippen LogP contribution in [0.2, 0.25) is 0 Å². The number of nitrogens with zero attached hydrogens (tertiary/aromatic N) is 3. The molecule has 31 heavy (non-hydrogen) atoms. The monoisotopic (exact) mass is 434 g/mol. The standard InChI is InChI=1S/C21H24F2N4O4/c1-30-21(29)15-11-27(13-4-2-3-5-13)9-8-17(15)24-19(28)18-25-20(31-26-18)14-7-6-12(22)10-16(14)23/h6-7,10,13,15,17H,2-5,8-9,11H2,1H3,(H,24,28)/t15-,17-/m1/s1. The van der Waals surface area contributed by atoms with Crippen LogP contribution in [0.25, 0.3) is 11.5 Å². The minimum absolute atomic E-state index is 0.106. The Labute approximate surface area is 177 Å². The van der Waals surface area contributed by atoms with Crippen molar-refractivity contribution in [3.63, 3.8) is 0 Å². The molecular weight excluding hydrogens is 410 g/mol. The summed E-state index contributed by atoms with van der Waals surface area (Å²) in [5.41, 5.74) is -0.106. The first kappa shape index (κ1) is 21.4. The van der Waals surface area contributed by atoms with Gasteiger partial charge in [-0.05, 0) is 31.4 Å². The highest BCUT2D eigenvalue weighted by atomic mass is 19.1. The fraction of sp³-hybridized carbons (Fsp3) is 0.524. The minimum Gasteiger partial charge on any atom is -0.469 e. The molecule has 1 saturated heterocycles. The van der Waals surface area contributed by atoms with Crippen LogP contribution in [0.15, 0.2) is 22.7 Å². The van der Waals surface area contributed by atoms with Gasteiger partial charge in [0.1, 0.15) is 11.6 Å². The molecule has 2 aliphatic rings. The van der Waals surface area contributed by atoms with Gasteiger partial charge in [0.2, 0.25) is 0 Å². The van der Waals surface area contributed by atoms with Gasteiger partial charge in [-0.15, -0.1) is 0 Å². The molecule has 0 unspecified atom stereocenters. The Hall–Kier alpha value is -2.88. The van der Waals surface area contributed by atoms with Crippen LogP contribution in [0, 0.1) is 17.6 Å². The predicted octanol–water partition coefficient (Wildman–Crippen LogP) is 2.55. The molecule has 8 nitrogen and oxygen atoms in total. The number of esters is 1. The molecule has 0 bridgehead atoms. The number of benzene rings is 1. The summed E-state index contributed by atoms with van der Waals surface area (Å²) in [5.74, 6) is -3.66. The number of rotatable bonds is 5. The second kappa shape index (κ2) is 9.09. The predicted molar refractivity (Wildman–Crippen MR) is 105 cm³/mol. The Balaban J connectivity index is 1.45. The van der Waals surface area contributed by atoms with E-state index in [-0.39, 0.29) is 23.2 Å². The quantitative estimate of drug-likeness (QED) is 0.723. The number of carbonyl (C=O) groups excluding carboxylic acids is 2. The van der Waals surface area contributed by atoms with E-state index in [0.29, 0.717) is 25.1 Å². The topological polar surface area (TPSA) is 97.6 Å². The summed E-state index contributed by atoms with van der Waals surface area (Å²) in [6.07, 6.45) is 5.21. The van der Waals surface area contributed by atoms with Gasteiger partial charge >= 0.3 is 5.97 Å². The summed E-state index contributed by atoms with van der Waals surface area (Å²) in [5, 5.41) is 6.40. The fourth-order valence-electron chi connectivity index (χ4n) is 4.46. The summed E-state index contributed by atoms with van der Waals surface area (Å²) in [7, 11) is 1.33. The van der Waals surface area contributed by atoms with Gasteiger partial charge in [-0.3, -0.25) is 14.5 Å². The Kier molecular flexibility index (Phi) is 6.26. The lowest BCUT2D eigenvalue weighted by atomic mass is 9.90. The van der Waals surface area contributed by atoms with Crippen LogP contribution in [0.3, 0.4) is 0 Å². The average Bonchev–Trinajstić information content (AvgIpc) is 3.46. The normalized spacial score (nSPS) is 22.4. The molecule has 2 fully saturated rings. The molecule has 2 aromatic rings. The second-order valence-corrected chi connectivity index (χ2v) is 7.98. The van der Waals surface area contributed by atoms with Gasteiger partial charge in [-0.1, -0.05) is 18.0 Å². The Bertz CT molecular complexity index is 961. The highest BCUT2D eigenvalue weighted by Gasteiger charge is 2.39. The van der Waals surface area contributed by atoms with Crippen LogP contribution in [0.5, 0.6) is 0 Å². The maximum atomic E-state index is 13.9. The lowest BCUT2D eigenvalue weighted by Crippen LogP contribution is -2.55. The third kappa shape index (κ3) is 4.58. The average molecular weight is 434 g/mol. The highest BCUT2D eigenvalue weighted by molar-refractivity contribution is 5.91. The van der Waals surface area contributed by atoms with Crippen molar-refractivity contribution in [1.29, 1.82) is 0 Å². The van der Waals surface area contributed by atoms with E-state index in [1.54, 1.807) is 0 Å². The first-order valence-electron chi connectivity index (χ1n) is 10.4. The third-order valence-corrected chi connectivity index (χ3v) is 6.10. The summed E-state index contributed by atoms with van der Waals surface area (Å²) >= 11 is 0. The molecule has 2 atom stereocenters. The number of aromatic nitrogens is 2. The largest absolute Gasteiger partial charge is 0.469 e. The zero-order chi connectivity index (χ0) is 22.0. The number of likely N-dealkylation sites (tertiary alicyclic amines) is 1. The number of ether oxygens (including phenoxy) is 1. The van der Waals surface area contributed by atoms with Crippen LogP contribution < -0.4 is 5.32 Å². The summed E-state index contributed by atoms with van der Waals surface area (Å²) in [4.78, 5) is 31.3. The first-order chi connectivity index (χ1) is 15.0. The lowest BCUT2D eigenvalue weighted by molar-refractivity contribution is -0.148. The van der Waals surface area contributed by atoms with E-state index in [1.165, 1.54) is 20.0 Å². The molecule has 166 valence electrons. The van der Waals surface area contributed by atoms with E-state index < -0.39 is 29.5 Å². The van der Waals surface area contributed by atoms with Crippen LogP contribution in [0.4, 0.5) is 8.78 Å². The van der Waals surface area contributed by atoms with Gasteiger partial charge < -0.3 is 14.6 Å². The molecule has 4 rings (SSSR count). The molecule has 0 radical (unpaired) electrons. The molecule has 2 heterocycles. The van der Waals surface area contributed by atoms with Crippen molar-refractivity contribution in [3.8, 4) is 11.5 Å². The van der Waals surface area contributed by atoms with Gasteiger partial charge in [-0.2, -0.15) is 4.98 Å². The van der Waals surface area contributed by atoms with Crippen molar-refractivity contribution >= 4 is 11.9 Å². The molecule has 1 amide bonds. The smallest absolute Gasteiger partial charge is 0.312 e. The SMILES string of the molecule is COC(=O)[C@@H]1CN(C2CCCC2)CC[C@H]1NC(=O)c1noc(-c2ccc(F)cc2F)n1. The molecular formula is C21H24F2N4O4. The van der Waals surface area contributed by atoms with Gasteiger partial charge in [0.05, 0.1) is 18.6 Å².